The monoisotopic (exact) mass is 335 g/mol. The van der Waals surface area contributed by atoms with Crippen LogP contribution >= 0.6 is 0 Å². The number of hydrogen-bond donors (Lipinski definition) is 3. The van der Waals surface area contributed by atoms with E-state index in [0.717, 1.165) is 5.56 Å². The van der Waals surface area contributed by atoms with Gasteiger partial charge in [0.1, 0.15) is 0 Å². The summed E-state index contributed by atoms with van der Waals surface area (Å²) in [5.74, 6) is -2.36. The molecule has 0 aromatic heterocycles. The third-order valence-corrected chi connectivity index (χ3v) is 3.52. The van der Waals surface area contributed by atoms with Crippen LogP contribution in [-0.2, 0) is 25.5 Å². The van der Waals surface area contributed by atoms with Gasteiger partial charge in [-0.1, -0.05) is 6.07 Å². The van der Waals surface area contributed by atoms with Crippen molar-refractivity contribution in [2.75, 3.05) is 13.1 Å². The maximum absolute atomic E-state index is 11.9. The maximum atomic E-state index is 11.9. The molecule has 0 aliphatic heterocycles. The van der Waals surface area contributed by atoms with Gasteiger partial charge in [-0.2, -0.15) is 0 Å². The molecule has 3 N–H and O–H groups in total. The number of esters is 1. The van der Waals surface area contributed by atoms with Gasteiger partial charge in [-0.15, -0.1) is 0 Å². The Hall–Kier alpha value is -2.06. The SMILES string of the molecule is CC(CC(Cc1ccccc1)C(=O)O)OC(=O)C(CO)NCB=O. The van der Waals surface area contributed by atoms with E-state index >= 15 is 0 Å². The van der Waals surface area contributed by atoms with E-state index < -0.39 is 36.6 Å². The Balaban J connectivity index is 2.58. The number of rotatable bonds is 11. The first-order valence-electron chi connectivity index (χ1n) is 7.73. The van der Waals surface area contributed by atoms with Crippen molar-refractivity contribution < 1.29 is 29.2 Å². The quantitative estimate of drug-likeness (QED) is 0.391. The van der Waals surface area contributed by atoms with E-state index in [0.29, 0.717) is 13.6 Å². The second-order valence-corrected chi connectivity index (χ2v) is 5.52. The summed E-state index contributed by atoms with van der Waals surface area (Å²) in [4.78, 5) is 23.3. The molecule has 0 amide bonds. The van der Waals surface area contributed by atoms with Crippen molar-refractivity contribution in [3.8, 4) is 0 Å². The van der Waals surface area contributed by atoms with Gasteiger partial charge in [0.05, 0.1) is 0 Å². The summed E-state index contributed by atoms with van der Waals surface area (Å²) in [5, 5.41) is 21.0. The summed E-state index contributed by atoms with van der Waals surface area (Å²) in [7, 11) is 0.569. The van der Waals surface area contributed by atoms with Crippen molar-refractivity contribution in [3.05, 3.63) is 35.9 Å². The van der Waals surface area contributed by atoms with Crippen LogP contribution in [0.5, 0.6) is 0 Å². The van der Waals surface area contributed by atoms with Crippen LogP contribution in [0.4, 0.5) is 0 Å². The molecule has 1 aromatic carbocycles. The molecule has 0 heterocycles. The fourth-order valence-electron chi connectivity index (χ4n) is 2.31. The molecule has 0 bridgehead atoms. The third kappa shape index (κ3) is 7.01. The summed E-state index contributed by atoms with van der Waals surface area (Å²) in [5.41, 5.74) is 0.893. The Morgan fingerprint density at radius 3 is 2.50 bits per heavy atom. The zero-order valence-corrected chi connectivity index (χ0v) is 13.6. The average molecular weight is 335 g/mol. The average Bonchev–Trinajstić information content (AvgIpc) is 2.55. The van der Waals surface area contributed by atoms with Crippen LogP contribution in [0.3, 0.4) is 0 Å². The molecule has 3 atom stereocenters. The molecule has 3 unspecified atom stereocenters. The number of aliphatic hydroxyl groups is 1. The molecule has 0 aliphatic carbocycles. The second-order valence-electron chi connectivity index (χ2n) is 5.52. The molecule has 0 saturated carbocycles. The Bertz CT molecular complexity index is 539. The van der Waals surface area contributed by atoms with Gasteiger partial charge >= 0.3 is 134 Å². The van der Waals surface area contributed by atoms with Crippen LogP contribution < -0.4 is 5.32 Å². The van der Waals surface area contributed by atoms with E-state index in [1.54, 1.807) is 6.92 Å². The van der Waals surface area contributed by atoms with E-state index in [9.17, 15) is 19.4 Å². The Morgan fingerprint density at radius 1 is 1.29 bits per heavy atom. The van der Waals surface area contributed by atoms with Gasteiger partial charge in [0.25, 0.3) is 0 Å². The normalized spacial score (nSPS) is 14.2. The zero-order valence-electron chi connectivity index (χ0n) is 13.6. The number of ether oxygens (including phenoxy) is 1. The Morgan fingerprint density at radius 2 is 1.96 bits per heavy atom. The van der Waals surface area contributed by atoms with E-state index in [1.807, 2.05) is 30.3 Å². The molecule has 7 nitrogen and oxygen atoms in total. The van der Waals surface area contributed by atoms with E-state index in [1.165, 1.54) is 0 Å². The number of carbonyl (C=O) groups is 2. The van der Waals surface area contributed by atoms with Gasteiger partial charge in [-0.25, -0.2) is 0 Å². The summed E-state index contributed by atoms with van der Waals surface area (Å²) in [6.07, 6.45) is -0.220. The fraction of sp³-hybridized carbons (Fsp3) is 0.500. The zero-order chi connectivity index (χ0) is 17.9. The number of aliphatic hydroxyl groups excluding tert-OH is 1. The predicted molar refractivity (Wildman–Crippen MR) is 86.8 cm³/mol. The van der Waals surface area contributed by atoms with Gasteiger partial charge in [0.2, 0.25) is 0 Å². The van der Waals surface area contributed by atoms with Crippen LogP contribution in [0.25, 0.3) is 0 Å². The van der Waals surface area contributed by atoms with Crippen molar-refractivity contribution in [1.82, 2.24) is 5.32 Å². The Labute approximate surface area is 141 Å². The van der Waals surface area contributed by atoms with Crippen LogP contribution in [0.15, 0.2) is 30.3 Å². The third-order valence-electron chi connectivity index (χ3n) is 3.52. The minimum absolute atomic E-state index is 0.0829. The first-order valence-corrected chi connectivity index (χ1v) is 7.73. The molecule has 8 heteroatoms. The summed E-state index contributed by atoms with van der Waals surface area (Å²) < 4.78 is 15.5. The molecule has 0 radical (unpaired) electrons. The summed E-state index contributed by atoms with van der Waals surface area (Å²) in [6.45, 7) is 1.10. The van der Waals surface area contributed by atoms with Gasteiger partial charge in [0, 0.05) is 0 Å². The van der Waals surface area contributed by atoms with Gasteiger partial charge < -0.3 is 0 Å². The van der Waals surface area contributed by atoms with Crippen LogP contribution in [0.1, 0.15) is 18.9 Å². The van der Waals surface area contributed by atoms with Gasteiger partial charge in [-0.3, -0.25) is 0 Å². The molecule has 1 rings (SSSR count). The number of carbonyl (C=O) groups excluding carboxylic acids is 1. The summed E-state index contributed by atoms with van der Waals surface area (Å²) in [6, 6.07) is 8.21. The molecule has 0 aliphatic rings. The summed E-state index contributed by atoms with van der Waals surface area (Å²) >= 11 is 0. The second kappa shape index (κ2) is 10.7. The van der Waals surface area contributed by atoms with Crippen LogP contribution in [0.2, 0.25) is 0 Å². The fourth-order valence-corrected chi connectivity index (χ4v) is 2.31. The number of hydrogen-bond acceptors (Lipinski definition) is 6. The van der Waals surface area contributed by atoms with Crippen LogP contribution in [-0.4, -0.2) is 54.5 Å². The number of carboxylic acids is 1. The van der Waals surface area contributed by atoms with E-state index in [-0.39, 0.29) is 12.9 Å². The molecule has 0 spiro atoms. The van der Waals surface area contributed by atoms with Crippen molar-refractivity contribution in [1.29, 1.82) is 0 Å². The number of nitrogens with one attached hydrogen (secondary N) is 1. The first kappa shape index (κ1) is 20.0. The van der Waals surface area contributed by atoms with Crippen molar-refractivity contribution in [2.24, 2.45) is 5.92 Å². The number of aliphatic carboxylic acids is 1. The molecule has 130 valence electrons. The molecule has 0 fully saturated rings. The topological polar surface area (TPSA) is 113 Å². The molecule has 0 saturated heterocycles. The van der Waals surface area contributed by atoms with Crippen molar-refractivity contribution in [3.63, 3.8) is 0 Å². The molecule has 1 aromatic rings. The van der Waals surface area contributed by atoms with E-state index in [2.05, 4.69) is 5.32 Å². The van der Waals surface area contributed by atoms with Gasteiger partial charge in [-0.05, 0) is 0 Å². The van der Waals surface area contributed by atoms with Crippen molar-refractivity contribution >= 4 is 19.1 Å². The van der Waals surface area contributed by atoms with Crippen molar-refractivity contribution in [2.45, 2.75) is 31.9 Å². The molecular weight excluding hydrogens is 313 g/mol. The number of carboxylic acid groups (broad SMARTS) is 1. The predicted octanol–water partition coefficient (Wildman–Crippen LogP) is 0.209. The number of benzene rings is 1. The minimum atomic E-state index is -1.00. The molecule has 24 heavy (non-hydrogen) atoms. The Kier molecular flexibility index (Phi) is 8.89. The van der Waals surface area contributed by atoms with Crippen LogP contribution in [0, 0.1) is 5.92 Å². The molecular formula is C16H22BNO6. The van der Waals surface area contributed by atoms with Gasteiger partial charge in [0.15, 0.2) is 0 Å². The first-order chi connectivity index (χ1) is 11.5. The van der Waals surface area contributed by atoms with E-state index in [4.69, 9.17) is 9.84 Å². The standard InChI is InChI=1S/C16H22BNO6/c1-11(24-16(22)14(9-19)18-10-17-23)7-13(15(20)21)8-12-5-3-2-4-6-12/h2-6,11,13-14,18-19H,7-10H2,1H3,(H,20,21).